The van der Waals surface area contributed by atoms with Crippen molar-refractivity contribution in [3.63, 3.8) is 0 Å². The number of halogens is 1. The van der Waals surface area contributed by atoms with Gasteiger partial charge in [-0.05, 0) is 48.9 Å². The van der Waals surface area contributed by atoms with Gasteiger partial charge in [0.05, 0.1) is 11.0 Å². The van der Waals surface area contributed by atoms with Crippen LogP contribution in [0.25, 0.3) is 11.0 Å². The molecule has 0 atom stereocenters. The van der Waals surface area contributed by atoms with Crippen LogP contribution >= 0.6 is 11.6 Å². The van der Waals surface area contributed by atoms with E-state index in [0.717, 1.165) is 23.1 Å². The van der Waals surface area contributed by atoms with Gasteiger partial charge in [0.2, 0.25) is 5.95 Å². The summed E-state index contributed by atoms with van der Waals surface area (Å²) in [6.45, 7) is 0.664. The van der Waals surface area contributed by atoms with Gasteiger partial charge in [0.15, 0.2) is 0 Å². The number of anilines is 2. The summed E-state index contributed by atoms with van der Waals surface area (Å²) < 4.78 is 0. The number of nitrogens with two attached hydrogens (primary N) is 1. The van der Waals surface area contributed by atoms with Crippen LogP contribution in [0.5, 0.6) is 0 Å². The van der Waals surface area contributed by atoms with Crippen molar-refractivity contribution in [3.8, 4) is 0 Å². The Kier molecular flexibility index (Phi) is 3.58. The van der Waals surface area contributed by atoms with Crippen LogP contribution in [0.2, 0.25) is 5.02 Å². The molecule has 5 heteroatoms. The van der Waals surface area contributed by atoms with Gasteiger partial charge in [-0.25, -0.2) is 4.98 Å². The quantitative estimate of drug-likeness (QED) is 0.688. The van der Waals surface area contributed by atoms with E-state index in [1.807, 2.05) is 30.3 Å². The molecule has 0 saturated heterocycles. The van der Waals surface area contributed by atoms with Crippen molar-refractivity contribution in [2.75, 3.05) is 11.9 Å². The average Bonchev–Trinajstić information content (AvgIpc) is 2.82. The van der Waals surface area contributed by atoms with E-state index in [4.69, 9.17) is 17.3 Å². The highest BCUT2D eigenvalue weighted by Gasteiger charge is 2.03. The number of nitrogens with one attached hydrogen (secondary N) is 2. The standard InChI is InChI=1S/C15H15ClN4/c16-11-3-6-13-14(9-11)20-15(19-13)18-12-4-1-10(2-5-12)7-8-17/h1-6,9H,7-8,17H2,(H2,18,19,20). The molecule has 3 rings (SSSR count). The molecule has 0 unspecified atom stereocenters. The Morgan fingerprint density at radius 2 is 1.95 bits per heavy atom. The van der Waals surface area contributed by atoms with Crippen molar-refractivity contribution in [2.24, 2.45) is 5.73 Å². The van der Waals surface area contributed by atoms with E-state index in [1.54, 1.807) is 0 Å². The van der Waals surface area contributed by atoms with Crippen LogP contribution in [0.4, 0.5) is 11.6 Å². The van der Waals surface area contributed by atoms with Gasteiger partial charge in [0.1, 0.15) is 0 Å². The van der Waals surface area contributed by atoms with Gasteiger partial charge in [-0.2, -0.15) is 0 Å². The lowest BCUT2D eigenvalue weighted by Crippen LogP contribution is -2.02. The van der Waals surface area contributed by atoms with Gasteiger partial charge in [-0.1, -0.05) is 23.7 Å². The Balaban J connectivity index is 1.81. The number of nitrogens with zero attached hydrogens (tertiary/aromatic N) is 1. The van der Waals surface area contributed by atoms with E-state index in [9.17, 15) is 0 Å². The summed E-state index contributed by atoms with van der Waals surface area (Å²) in [4.78, 5) is 7.66. The molecule has 0 aliphatic carbocycles. The average molecular weight is 287 g/mol. The molecule has 4 N–H and O–H groups in total. The lowest BCUT2D eigenvalue weighted by atomic mass is 10.1. The Labute approximate surface area is 122 Å². The lowest BCUT2D eigenvalue weighted by Gasteiger charge is -2.04. The maximum absolute atomic E-state index is 5.96. The molecule has 1 heterocycles. The first-order valence-corrected chi connectivity index (χ1v) is 6.84. The minimum absolute atomic E-state index is 0.664. The fourth-order valence-electron chi connectivity index (χ4n) is 2.10. The van der Waals surface area contributed by atoms with Gasteiger partial charge in [-0.15, -0.1) is 0 Å². The van der Waals surface area contributed by atoms with Crippen LogP contribution in [-0.2, 0) is 6.42 Å². The first-order chi connectivity index (χ1) is 9.74. The highest BCUT2D eigenvalue weighted by molar-refractivity contribution is 6.31. The number of hydrogen-bond acceptors (Lipinski definition) is 3. The summed E-state index contributed by atoms with van der Waals surface area (Å²) in [6, 6.07) is 13.7. The molecule has 0 aliphatic heterocycles. The summed E-state index contributed by atoms with van der Waals surface area (Å²) in [5.41, 5.74) is 9.55. The summed E-state index contributed by atoms with van der Waals surface area (Å²) in [6.07, 6.45) is 0.892. The molecule has 20 heavy (non-hydrogen) atoms. The number of rotatable bonds is 4. The molecular formula is C15H15ClN4. The van der Waals surface area contributed by atoms with Crippen LogP contribution in [0.1, 0.15) is 5.56 Å². The summed E-state index contributed by atoms with van der Waals surface area (Å²) >= 11 is 5.96. The summed E-state index contributed by atoms with van der Waals surface area (Å²) in [5.74, 6) is 0.703. The molecular weight excluding hydrogens is 272 g/mol. The zero-order valence-electron chi connectivity index (χ0n) is 10.9. The monoisotopic (exact) mass is 286 g/mol. The van der Waals surface area contributed by atoms with Gasteiger partial charge >= 0.3 is 0 Å². The topological polar surface area (TPSA) is 66.7 Å². The van der Waals surface area contributed by atoms with Crippen LogP contribution in [0, 0.1) is 0 Å². The fraction of sp³-hybridized carbons (Fsp3) is 0.133. The zero-order chi connectivity index (χ0) is 13.9. The first kappa shape index (κ1) is 13.0. The van der Waals surface area contributed by atoms with Gasteiger partial charge < -0.3 is 16.0 Å². The van der Waals surface area contributed by atoms with Crippen molar-refractivity contribution >= 4 is 34.3 Å². The second-order valence-electron chi connectivity index (χ2n) is 4.61. The molecule has 0 amide bonds. The van der Waals surface area contributed by atoms with Crippen molar-refractivity contribution in [2.45, 2.75) is 6.42 Å². The number of H-pyrrole nitrogens is 1. The van der Waals surface area contributed by atoms with E-state index < -0.39 is 0 Å². The molecule has 1 aromatic heterocycles. The Morgan fingerprint density at radius 1 is 1.15 bits per heavy atom. The molecule has 0 bridgehead atoms. The predicted molar refractivity (Wildman–Crippen MR) is 83.6 cm³/mol. The van der Waals surface area contributed by atoms with Gasteiger partial charge in [0.25, 0.3) is 0 Å². The van der Waals surface area contributed by atoms with E-state index in [0.29, 0.717) is 17.5 Å². The highest BCUT2D eigenvalue weighted by atomic mass is 35.5. The second kappa shape index (κ2) is 5.53. The summed E-state index contributed by atoms with van der Waals surface area (Å²) in [5, 5.41) is 3.93. The number of imidazole rings is 1. The largest absolute Gasteiger partial charge is 0.330 e. The van der Waals surface area contributed by atoms with E-state index >= 15 is 0 Å². The minimum atomic E-state index is 0.664. The number of aromatic amines is 1. The van der Waals surface area contributed by atoms with Crippen molar-refractivity contribution < 1.29 is 0 Å². The van der Waals surface area contributed by atoms with E-state index in [2.05, 4.69) is 27.4 Å². The maximum atomic E-state index is 5.96. The Hall–Kier alpha value is -2.04. The fourth-order valence-corrected chi connectivity index (χ4v) is 2.27. The molecule has 2 aromatic carbocycles. The predicted octanol–water partition coefficient (Wildman–Crippen LogP) is 3.46. The number of aromatic nitrogens is 2. The number of benzene rings is 2. The second-order valence-corrected chi connectivity index (χ2v) is 5.04. The zero-order valence-corrected chi connectivity index (χ0v) is 11.6. The van der Waals surface area contributed by atoms with Gasteiger partial charge in [0, 0.05) is 10.7 Å². The smallest absolute Gasteiger partial charge is 0.205 e. The van der Waals surface area contributed by atoms with E-state index in [-0.39, 0.29) is 0 Å². The van der Waals surface area contributed by atoms with Crippen LogP contribution in [-0.4, -0.2) is 16.5 Å². The first-order valence-electron chi connectivity index (χ1n) is 6.46. The Bertz CT molecular complexity index is 718. The normalized spacial score (nSPS) is 10.9. The van der Waals surface area contributed by atoms with Crippen LogP contribution < -0.4 is 11.1 Å². The molecule has 3 aromatic rings. The molecule has 102 valence electrons. The lowest BCUT2D eigenvalue weighted by molar-refractivity contribution is 0.969. The van der Waals surface area contributed by atoms with Crippen LogP contribution in [0.15, 0.2) is 42.5 Å². The third-order valence-electron chi connectivity index (χ3n) is 3.09. The van der Waals surface area contributed by atoms with Crippen molar-refractivity contribution in [1.82, 2.24) is 9.97 Å². The minimum Gasteiger partial charge on any atom is -0.330 e. The third-order valence-corrected chi connectivity index (χ3v) is 3.33. The maximum Gasteiger partial charge on any atom is 0.205 e. The summed E-state index contributed by atoms with van der Waals surface area (Å²) in [7, 11) is 0. The molecule has 0 aliphatic rings. The van der Waals surface area contributed by atoms with Crippen molar-refractivity contribution in [3.05, 3.63) is 53.1 Å². The van der Waals surface area contributed by atoms with Crippen LogP contribution in [0.3, 0.4) is 0 Å². The Morgan fingerprint density at radius 3 is 2.70 bits per heavy atom. The highest BCUT2D eigenvalue weighted by Crippen LogP contribution is 2.21. The van der Waals surface area contributed by atoms with Crippen molar-refractivity contribution in [1.29, 1.82) is 0 Å². The SMILES string of the molecule is NCCc1ccc(Nc2nc3ccc(Cl)cc3[nH]2)cc1. The number of fused-ring (bicyclic) bond motifs is 1. The molecule has 0 spiro atoms. The molecule has 4 nitrogen and oxygen atoms in total. The van der Waals surface area contributed by atoms with Gasteiger partial charge in [-0.3, -0.25) is 0 Å². The van der Waals surface area contributed by atoms with E-state index in [1.165, 1.54) is 5.56 Å². The third kappa shape index (κ3) is 2.76. The molecule has 0 fully saturated rings. The molecule has 0 saturated carbocycles. The molecule has 0 radical (unpaired) electrons. The number of hydrogen-bond donors (Lipinski definition) is 3.